The van der Waals surface area contributed by atoms with Crippen molar-refractivity contribution in [3.63, 3.8) is 0 Å². The summed E-state index contributed by atoms with van der Waals surface area (Å²) in [6.45, 7) is 4.67. The van der Waals surface area contributed by atoms with E-state index in [1.165, 1.54) is 11.1 Å². The van der Waals surface area contributed by atoms with E-state index in [1.54, 1.807) is 22.9 Å². The largest absolute Gasteiger partial charge is 0.394 e. The van der Waals surface area contributed by atoms with E-state index >= 15 is 0 Å². The number of nitrogen functional groups attached to an aromatic ring is 1. The maximum Gasteiger partial charge on any atom is 0.273 e. The first-order chi connectivity index (χ1) is 8.06. The zero-order valence-electron chi connectivity index (χ0n) is 10.1. The molecule has 0 aliphatic carbocycles. The minimum Gasteiger partial charge on any atom is -0.394 e. The van der Waals surface area contributed by atoms with Crippen LogP contribution in [0.4, 0.5) is 5.69 Å². The van der Waals surface area contributed by atoms with E-state index in [4.69, 9.17) is 5.73 Å². The van der Waals surface area contributed by atoms with E-state index in [-0.39, 0.29) is 11.2 Å². The Labute approximate surface area is 101 Å². The van der Waals surface area contributed by atoms with Gasteiger partial charge < -0.3 is 10.3 Å². The molecule has 2 rings (SSSR count). The van der Waals surface area contributed by atoms with Crippen molar-refractivity contribution in [1.82, 2.24) is 4.57 Å². The number of nitrogens with zero attached hydrogens (tertiary/aromatic N) is 1. The third-order valence-corrected chi connectivity index (χ3v) is 2.68. The number of pyridine rings is 1. The average Bonchev–Trinajstić information content (AvgIpc) is 2.23. The third-order valence-electron chi connectivity index (χ3n) is 2.68. The molecule has 17 heavy (non-hydrogen) atoms. The van der Waals surface area contributed by atoms with Gasteiger partial charge in [-0.05, 0) is 31.5 Å². The predicted molar refractivity (Wildman–Crippen MR) is 70.1 cm³/mol. The molecule has 2 aromatic rings. The Morgan fingerprint density at radius 1 is 1.18 bits per heavy atom. The first-order valence-corrected chi connectivity index (χ1v) is 5.58. The van der Waals surface area contributed by atoms with Crippen molar-refractivity contribution >= 4 is 5.69 Å². The van der Waals surface area contributed by atoms with Crippen molar-refractivity contribution in [3.05, 3.63) is 63.6 Å². The number of hydrogen-bond donors (Lipinski definition) is 1. The number of aryl methyl sites for hydroxylation is 2. The van der Waals surface area contributed by atoms with Crippen molar-refractivity contribution in [2.45, 2.75) is 20.4 Å². The van der Waals surface area contributed by atoms with E-state index in [2.05, 4.69) is 32.0 Å². The highest BCUT2D eigenvalue weighted by Crippen LogP contribution is 2.09. The van der Waals surface area contributed by atoms with Crippen LogP contribution in [0.3, 0.4) is 0 Å². The van der Waals surface area contributed by atoms with Crippen LogP contribution in [-0.2, 0) is 6.54 Å². The van der Waals surface area contributed by atoms with Crippen molar-refractivity contribution in [1.29, 1.82) is 0 Å². The molecule has 0 aliphatic heterocycles. The number of benzene rings is 1. The lowest BCUT2D eigenvalue weighted by molar-refractivity contribution is 0.761. The maximum atomic E-state index is 11.8. The van der Waals surface area contributed by atoms with Crippen LogP contribution in [0, 0.1) is 13.8 Å². The Morgan fingerprint density at radius 3 is 2.47 bits per heavy atom. The lowest BCUT2D eigenvalue weighted by Crippen LogP contribution is -2.22. The van der Waals surface area contributed by atoms with Gasteiger partial charge in [-0.15, -0.1) is 0 Å². The topological polar surface area (TPSA) is 48.0 Å². The lowest BCUT2D eigenvalue weighted by atomic mass is 10.1. The first kappa shape index (κ1) is 11.5. The average molecular weight is 228 g/mol. The minimum absolute atomic E-state index is 0.133. The van der Waals surface area contributed by atoms with Crippen LogP contribution in [0.1, 0.15) is 16.7 Å². The molecule has 0 amide bonds. The van der Waals surface area contributed by atoms with Crippen LogP contribution >= 0.6 is 0 Å². The minimum atomic E-state index is -0.133. The third kappa shape index (κ3) is 2.56. The Kier molecular flexibility index (Phi) is 3.00. The standard InChI is InChI=1S/C14H16N2O/c1-10-6-11(2)8-12(7-10)9-16-5-3-4-13(15)14(16)17/h3-8H,9,15H2,1-2H3. The molecule has 1 aromatic carbocycles. The maximum absolute atomic E-state index is 11.8. The van der Waals surface area contributed by atoms with Crippen molar-refractivity contribution in [2.24, 2.45) is 0 Å². The summed E-state index contributed by atoms with van der Waals surface area (Å²) < 4.78 is 1.63. The number of hydrogen-bond acceptors (Lipinski definition) is 2. The van der Waals surface area contributed by atoms with E-state index in [0.29, 0.717) is 6.54 Å². The molecule has 0 bridgehead atoms. The van der Waals surface area contributed by atoms with Crippen molar-refractivity contribution in [3.8, 4) is 0 Å². The highest BCUT2D eigenvalue weighted by atomic mass is 16.1. The van der Waals surface area contributed by atoms with Gasteiger partial charge in [-0.3, -0.25) is 4.79 Å². The van der Waals surface area contributed by atoms with Gasteiger partial charge in [0.15, 0.2) is 0 Å². The van der Waals surface area contributed by atoms with Crippen LogP contribution in [0.15, 0.2) is 41.3 Å². The number of aromatic nitrogens is 1. The molecule has 2 N–H and O–H groups in total. The summed E-state index contributed by atoms with van der Waals surface area (Å²) in [4.78, 5) is 11.8. The second kappa shape index (κ2) is 4.45. The molecule has 3 nitrogen and oxygen atoms in total. The molecular weight excluding hydrogens is 212 g/mol. The SMILES string of the molecule is Cc1cc(C)cc(Cn2cccc(N)c2=O)c1. The predicted octanol–water partition coefficient (Wildman–Crippen LogP) is 2.10. The molecule has 0 spiro atoms. The van der Waals surface area contributed by atoms with Crippen molar-refractivity contribution < 1.29 is 0 Å². The monoisotopic (exact) mass is 228 g/mol. The second-order valence-electron chi connectivity index (χ2n) is 4.39. The molecular formula is C14H16N2O. The molecule has 0 atom stereocenters. The summed E-state index contributed by atoms with van der Waals surface area (Å²) in [6, 6.07) is 9.70. The second-order valence-corrected chi connectivity index (χ2v) is 4.39. The van der Waals surface area contributed by atoms with E-state index in [0.717, 1.165) is 5.56 Å². The van der Waals surface area contributed by atoms with Crippen LogP contribution in [0.5, 0.6) is 0 Å². The molecule has 0 fully saturated rings. The zero-order valence-corrected chi connectivity index (χ0v) is 10.1. The molecule has 0 saturated heterocycles. The summed E-state index contributed by atoms with van der Waals surface area (Å²) in [5.41, 5.74) is 9.29. The smallest absolute Gasteiger partial charge is 0.273 e. The zero-order chi connectivity index (χ0) is 12.4. The van der Waals surface area contributed by atoms with Gasteiger partial charge in [0.2, 0.25) is 0 Å². The summed E-state index contributed by atoms with van der Waals surface area (Å²) >= 11 is 0. The molecule has 0 unspecified atom stereocenters. The summed E-state index contributed by atoms with van der Waals surface area (Å²) in [6.07, 6.45) is 1.76. The Morgan fingerprint density at radius 2 is 1.82 bits per heavy atom. The van der Waals surface area contributed by atoms with Gasteiger partial charge in [-0.1, -0.05) is 29.3 Å². The van der Waals surface area contributed by atoms with Crippen LogP contribution in [0.25, 0.3) is 0 Å². The van der Waals surface area contributed by atoms with E-state index in [1.807, 2.05) is 0 Å². The van der Waals surface area contributed by atoms with Crippen LogP contribution in [0.2, 0.25) is 0 Å². The van der Waals surface area contributed by atoms with Crippen molar-refractivity contribution in [2.75, 3.05) is 5.73 Å². The quantitative estimate of drug-likeness (QED) is 0.855. The van der Waals surface area contributed by atoms with Crippen LogP contribution < -0.4 is 11.3 Å². The normalized spacial score (nSPS) is 10.5. The first-order valence-electron chi connectivity index (χ1n) is 5.58. The lowest BCUT2D eigenvalue weighted by Gasteiger charge is -2.08. The number of anilines is 1. The van der Waals surface area contributed by atoms with E-state index < -0.39 is 0 Å². The van der Waals surface area contributed by atoms with Gasteiger partial charge >= 0.3 is 0 Å². The molecule has 1 aromatic heterocycles. The Balaban J connectivity index is 2.38. The molecule has 1 heterocycles. The van der Waals surface area contributed by atoms with Gasteiger partial charge in [-0.25, -0.2) is 0 Å². The Bertz CT molecular complexity index is 579. The van der Waals surface area contributed by atoms with E-state index in [9.17, 15) is 4.79 Å². The Hall–Kier alpha value is -2.03. The van der Waals surface area contributed by atoms with Gasteiger partial charge in [0, 0.05) is 6.20 Å². The van der Waals surface area contributed by atoms with Gasteiger partial charge in [0.1, 0.15) is 0 Å². The molecule has 0 radical (unpaired) electrons. The molecule has 88 valence electrons. The fourth-order valence-electron chi connectivity index (χ4n) is 2.04. The fraction of sp³-hybridized carbons (Fsp3) is 0.214. The highest BCUT2D eigenvalue weighted by molar-refractivity contribution is 5.34. The van der Waals surface area contributed by atoms with Crippen LogP contribution in [-0.4, -0.2) is 4.57 Å². The fourth-order valence-corrected chi connectivity index (χ4v) is 2.04. The summed E-state index contributed by atoms with van der Waals surface area (Å²) in [5.74, 6) is 0. The number of nitrogens with two attached hydrogens (primary N) is 1. The van der Waals surface area contributed by atoms with Gasteiger partial charge in [0.25, 0.3) is 5.56 Å². The molecule has 0 aliphatic rings. The molecule has 0 saturated carbocycles. The molecule has 3 heteroatoms. The summed E-state index contributed by atoms with van der Waals surface area (Å²) in [5, 5.41) is 0. The number of rotatable bonds is 2. The van der Waals surface area contributed by atoms with Gasteiger partial charge in [-0.2, -0.15) is 0 Å². The van der Waals surface area contributed by atoms with Gasteiger partial charge in [0.05, 0.1) is 12.2 Å². The summed E-state index contributed by atoms with van der Waals surface area (Å²) in [7, 11) is 0. The highest BCUT2D eigenvalue weighted by Gasteiger charge is 2.01.